The number of carbonyl (C=O) groups excluding carboxylic acids is 3. The molecule has 4 N–H and O–H groups in total. The number of primary amides is 1. The first-order chi connectivity index (χ1) is 14.6. The fourth-order valence-corrected chi connectivity index (χ4v) is 4.08. The Hall–Kier alpha value is -2.89. The molecular weight excluding hydrogens is 483 g/mol. The van der Waals surface area contributed by atoms with Crippen molar-refractivity contribution in [2.24, 2.45) is 11.7 Å². The van der Waals surface area contributed by atoms with E-state index in [1.54, 1.807) is 7.05 Å². The van der Waals surface area contributed by atoms with Gasteiger partial charge in [-0.2, -0.15) is 0 Å². The van der Waals surface area contributed by atoms with Crippen molar-refractivity contribution in [3.63, 3.8) is 0 Å². The summed E-state index contributed by atoms with van der Waals surface area (Å²) in [6, 6.07) is 0.529. The lowest BCUT2D eigenvalue weighted by molar-refractivity contribution is -0.121. The third-order valence-corrected chi connectivity index (χ3v) is 6.01. The fraction of sp³-hybridized carbons (Fsp3) is 0.368. The van der Waals surface area contributed by atoms with E-state index >= 15 is 0 Å². The molecule has 8 nitrogen and oxygen atoms in total. The highest BCUT2D eigenvalue weighted by molar-refractivity contribution is 9.10. The molecular formula is C19H19BrF3N5O3. The molecule has 3 rings (SSSR count). The molecule has 12 heteroatoms. The molecule has 1 aromatic heterocycles. The first kappa shape index (κ1) is 22.8. The molecule has 1 aliphatic rings. The first-order valence-corrected chi connectivity index (χ1v) is 10.1. The number of nitrogens with two attached hydrogens (primary N) is 1. The Balaban J connectivity index is 1.62. The van der Waals surface area contributed by atoms with Crippen molar-refractivity contribution in [1.29, 1.82) is 0 Å². The zero-order valence-corrected chi connectivity index (χ0v) is 17.9. The summed E-state index contributed by atoms with van der Waals surface area (Å²) < 4.78 is 40.6. The molecule has 0 atom stereocenters. The van der Waals surface area contributed by atoms with Crippen molar-refractivity contribution in [3.05, 3.63) is 45.7 Å². The van der Waals surface area contributed by atoms with Gasteiger partial charge in [-0.05, 0) is 47.7 Å². The van der Waals surface area contributed by atoms with Gasteiger partial charge >= 0.3 is 0 Å². The number of rotatable bonds is 5. The summed E-state index contributed by atoms with van der Waals surface area (Å²) in [5.41, 5.74) is 4.61. The normalized spacial score (nSPS) is 18.5. The maximum absolute atomic E-state index is 14.0. The van der Waals surface area contributed by atoms with Gasteiger partial charge in [-0.15, -0.1) is 0 Å². The first-order valence-electron chi connectivity index (χ1n) is 9.36. The molecule has 166 valence electrons. The predicted octanol–water partition coefficient (Wildman–Crippen LogP) is 2.96. The third kappa shape index (κ3) is 4.58. The molecule has 1 aliphatic carbocycles. The average Bonchev–Trinajstić information content (AvgIpc) is 3.24. The zero-order chi connectivity index (χ0) is 22.9. The topological polar surface area (TPSA) is 121 Å². The summed E-state index contributed by atoms with van der Waals surface area (Å²) in [4.78, 5) is 44.4. The Bertz CT molecular complexity index is 1040. The average molecular weight is 502 g/mol. The smallest absolute Gasteiger partial charge is 0.274 e. The van der Waals surface area contributed by atoms with Gasteiger partial charge in [-0.3, -0.25) is 14.4 Å². The zero-order valence-electron chi connectivity index (χ0n) is 16.3. The van der Waals surface area contributed by atoms with Crippen LogP contribution < -0.4 is 11.1 Å². The van der Waals surface area contributed by atoms with E-state index in [2.05, 4.69) is 31.2 Å². The molecule has 3 amide bonds. The predicted molar refractivity (Wildman–Crippen MR) is 108 cm³/mol. The summed E-state index contributed by atoms with van der Waals surface area (Å²) >= 11 is 2.92. The molecule has 0 saturated heterocycles. The van der Waals surface area contributed by atoms with Crippen molar-refractivity contribution in [3.8, 4) is 0 Å². The quantitative estimate of drug-likeness (QED) is 0.430. The van der Waals surface area contributed by atoms with E-state index in [1.165, 1.54) is 11.2 Å². The summed E-state index contributed by atoms with van der Waals surface area (Å²) in [7, 11) is 1.57. The van der Waals surface area contributed by atoms with E-state index in [0.717, 1.165) is 6.07 Å². The standard InChI is InChI=1S/C19H19BrF3N5O3/c1-28(19(31)16-15(17(24)29)25-7-26-16)9-4-2-8(3-5-9)18(30)27-14-10(20)6-11(21)12(22)13(14)23/h6-9H,2-5H2,1H3,(H2,24,29)(H,25,26)(H,27,30)/t8-,9-. The highest BCUT2D eigenvalue weighted by Crippen LogP contribution is 2.32. The third-order valence-electron chi connectivity index (χ3n) is 5.39. The van der Waals surface area contributed by atoms with Crippen LogP contribution in [0.25, 0.3) is 0 Å². The van der Waals surface area contributed by atoms with E-state index in [-0.39, 0.29) is 21.9 Å². The lowest BCUT2D eigenvalue weighted by atomic mass is 9.84. The van der Waals surface area contributed by atoms with Crippen LogP contribution in [0.1, 0.15) is 46.7 Å². The van der Waals surface area contributed by atoms with Crippen molar-refractivity contribution in [2.75, 3.05) is 12.4 Å². The monoisotopic (exact) mass is 501 g/mol. The van der Waals surface area contributed by atoms with Gasteiger partial charge in [0.05, 0.1) is 12.0 Å². The molecule has 0 unspecified atom stereocenters. The molecule has 1 saturated carbocycles. The van der Waals surface area contributed by atoms with Gasteiger partial charge in [-0.25, -0.2) is 18.2 Å². The number of nitrogens with zero attached hydrogens (tertiary/aromatic N) is 2. The molecule has 1 fully saturated rings. The molecule has 1 aromatic carbocycles. The molecule has 0 aliphatic heterocycles. The largest absolute Gasteiger partial charge is 0.364 e. The van der Waals surface area contributed by atoms with E-state index < -0.39 is 46.8 Å². The van der Waals surface area contributed by atoms with Crippen LogP contribution in [-0.2, 0) is 4.79 Å². The maximum atomic E-state index is 14.0. The van der Waals surface area contributed by atoms with Crippen LogP contribution in [0.4, 0.5) is 18.9 Å². The van der Waals surface area contributed by atoms with Crippen LogP contribution in [0.3, 0.4) is 0 Å². The van der Waals surface area contributed by atoms with Crippen LogP contribution >= 0.6 is 15.9 Å². The number of H-pyrrole nitrogens is 1. The molecule has 31 heavy (non-hydrogen) atoms. The SMILES string of the molecule is CN(C(=O)c1nc[nH]c1C(N)=O)[C@H]1CC[C@H](C(=O)Nc2c(Br)cc(F)c(F)c2F)CC1. The van der Waals surface area contributed by atoms with Crippen LogP contribution in [0.5, 0.6) is 0 Å². The number of carbonyl (C=O) groups is 3. The number of imidazole rings is 1. The van der Waals surface area contributed by atoms with Gasteiger partial charge < -0.3 is 20.9 Å². The van der Waals surface area contributed by atoms with Crippen molar-refractivity contribution in [2.45, 2.75) is 31.7 Å². The minimum absolute atomic E-state index is 0.0754. The molecule has 0 radical (unpaired) electrons. The van der Waals surface area contributed by atoms with Gasteiger partial charge in [0.15, 0.2) is 23.1 Å². The molecule has 0 bridgehead atoms. The minimum atomic E-state index is -1.67. The summed E-state index contributed by atoms with van der Waals surface area (Å²) in [6.45, 7) is 0. The lowest BCUT2D eigenvalue weighted by Gasteiger charge is -2.34. The number of benzene rings is 1. The lowest BCUT2D eigenvalue weighted by Crippen LogP contribution is -2.41. The summed E-state index contributed by atoms with van der Waals surface area (Å²) in [5.74, 6) is -6.82. The van der Waals surface area contributed by atoms with Crippen molar-refractivity contribution >= 4 is 39.3 Å². The molecule has 0 spiro atoms. The maximum Gasteiger partial charge on any atom is 0.274 e. The van der Waals surface area contributed by atoms with Gasteiger partial charge in [0.1, 0.15) is 5.69 Å². The molecule has 1 heterocycles. The van der Waals surface area contributed by atoms with E-state index in [4.69, 9.17) is 5.73 Å². The number of aromatic nitrogens is 2. The number of halogens is 4. The van der Waals surface area contributed by atoms with E-state index in [0.29, 0.717) is 25.7 Å². The Morgan fingerprint density at radius 2 is 1.84 bits per heavy atom. The van der Waals surface area contributed by atoms with Crippen molar-refractivity contribution in [1.82, 2.24) is 14.9 Å². The van der Waals surface area contributed by atoms with Gasteiger partial charge in [0.25, 0.3) is 11.8 Å². The van der Waals surface area contributed by atoms with Crippen LogP contribution in [0, 0.1) is 23.4 Å². The number of hydrogen-bond donors (Lipinski definition) is 3. The minimum Gasteiger partial charge on any atom is -0.364 e. The second-order valence-electron chi connectivity index (χ2n) is 7.24. The number of hydrogen-bond acceptors (Lipinski definition) is 4. The second kappa shape index (κ2) is 9.08. The Morgan fingerprint density at radius 3 is 2.45 bits per heavy atom. The van der Waals surface area contributed by atoms with Crippen LogP contribution in [-0.4, -0.2) is 45.7 Å². The summed E-state index contributed by atoms with van der Waals surface area (Å²) in [6.07, 6.45) is 2.93. The molecule has 2 aromatic rings. The Labute approximate surface area is 183 Å². The number of aromatic amines is 1. The van der Waals surface area contributed by atoms with E-state index in [9.17, 15) is 27.6 Å². The number of anilines is 1. The highest BCUT2D eigenvalue weighted by Gasteiger charge is 2.33. The number of amides is 3. The van der Waals surface area contributed by atoms with Crippen LogP contribution in [0.2, 0.25) is 0 Å². The van der Waals surface area contributed by atoms with Gasteiger partial charge in [0.2, 0.25) is 5.91 Å². The van der Waals surface area contributed by atoms with Crippen molar-refractivity contribution < 1.29 is 27.6 Å². The fourth-order valence-electron chi connectivity index (χ4n) is 3.61. The Morgan fingerprint density at radius 1 is 1.19 bits per heavy atom. The van der Waals surface area contributed by atoms with Gasteiger partial charge in [0, 0.05) is 23.5 Å². The van der Waals surface area contributed by atoms with Gasteiger partial charge in [-0.1, -0.05) is 0 Å². The van der Waals surface area contributed by atoms with Crippen LogP contribution in [0.15, 0.2) is 16.9 Å². The highest BCUT2D eigenvalue weighted by atomic mass is 79.9. The second-order valence-corrected chi connectivity index (χ2v) is 8.10. The summed E-state index contributed by atoms with van der Waals surface area (Å²) in [5, 5.41) is 2.31. The number of nitrogens with one attached hydrogen (secondary N) is 2. The van der Waals surface area contributed by atoms with E-state index in [1.807, 2.05) is 0 Å². The Kier molecular flexibility index (Phi) is 6.68.